The molecule has 1 aromatic carbocycles. The molecule has 1 atom stereocenters. The number of halogens is 2. The Balaban J connectivity index is 2.83. The van der Waals surface area contributed by atoms with Crippen molar-refractivity contribution in [1.29, 1.82) is 0 Å². The van der Waals surface area contributed by atoms with Crippen LogP contribution in [0.4, 0.5) is 0 Å². The van der Waals surface area contributed by atoms with Crippen LogP contribution in [-0.2, 0) is 32.2 Å². The minimum atomic E-state index is -0.544. The highest BCUT2D eigenvalue weighted by molar-refractivity contribution is 6.64. The summed E-state index contributed by atoms with van der Waals surface area (Å²) in [5.74, 6) is 0.635. The predicted octanol–water partition coefficient (Wildman–Crippen LogP) is 2.98. The number of hydrogen-bond donors (Lipinski definition) is 1. The summed E-state index contributed by atoms with van der Waals surface area (Å²) in [5, 5.41) is 4.89. The van der Waals surface area contributed by atoms with Gasteiger partial charge in [0.2, 0.25) is 0 Å². The van der Waals surface area contributed by atoms with E-state index in [2.05, 4.69) is 11.3 Å². The molecule has 0 aliphatic heterocycles. The number of hydrogen-bond acceptors (Lipinski definition) is 6. The fourth-order valence-electron chi connectivity index (χ4n) is 2.91. The van der Waals surface area contributed by atoms with E-state index in [4.69, 9.17) is 32.8 Å². The van der Waals surface area contributed by atoms with Crippen LogP contribution < -0.4 is 5.23 Å². The molecule has 1 rings (SSSR count). The van der Waals surface area contributed by atoms with E-state index >= 15 is 0 Å². The van der Waals surface area contributed by atoms with E-state index < -0.39 is 5.60 Å². The van der Waals surface area contributed by atoms with Gasteiger partial charge in [-0.2, -0.15) is 5.06 Å². The monoisotopic (exact) mass is 458 g/mol. The Morgan fingerprint density at radius 2 is 1.93 bits per heavy atom. The van der Waals surface area contributed by atoms with Crippen LogP contribution in [0.15, 0.2) is 18.2 Å². The highest BCUT2D eigenvalue weighted by atomic mass is 35.5. The third kappa shape index (κ3) is 11.3. The third-order valence-electron chi connectivity index (χ3n) is 4.28. The van der Waals surface area contributed by atoms with Crippen molar-refractivity contribution in [2.24, 2.45) is 0 Å². The standard InChI is InChI=1S/C21H33BCl2N2O4/c1-16-5-6-17(14-29-26(9-7-23)10-8-24)11-18(16)12-19(25-22-15-27)13-20(28)30-21(2,3)4/h5-6,11,15,19,22,25H,7-10,12-14H2,1-4H3/t19-/m0/s1. The summed E-state index contributed by atoms with van der Waals surface area (Å²) >= 11 is 11.6. The maximum absolute atomic E-state index is 12.3. The zero-order valence-electron chi connectivity index (χ0n) is 18.4. The Kier molecular flexibility index (Phi) is 12.6. The van der Waals surface area contributed by atoms with E-state index in [9.17, 15) is 9.59 Å². The molecular weight excluding hydrogens is 426 g/mol. The number of rotatable bonds is 14. The molecule has 6 nitrogen and oxygen atoms in total. The molecule has 0 heterocycles. The molecule has 0 unspecified atom stereocenters. The van der Waals surface area contributed by atoms with Crippen molar-refractivity contribution in [3.8, 4) is 0 Å². The maximum atomic E-state index is 12.3. The fraction of sp³-hybridized carbons (Fsp3) is 0.619. The molecular formula is C21H33BCl2N2O4. The first-order chi connectivity index (χ1) is 14.2. The lowest BCUT2D eigenvalue weighted by atomic mass is 9.91. The predicted molar refractivity (Wildman–Crippen MR) is 124 cm³/mol. The lowest BCUT2D eigenvalue weighted by Gasteiger charge is -2.23. The van der Waals surface area contributed by atoms with Gasteiger partial charge < -0.3 is 14.8 Å². The maximum Gasteiger partial charge on any atom is 0.307 e. The van der Waals surface area contributed by atoms with Gasteiger partial charge in [0.25, 0.3) is 7.41 Å². The van der Waals surface area contributed by atoms with E-state index in [1.807, 2.05) is 39.8 Å². The largest absolute Gasteiger partial charge is 0.460 e. The smallest absolute Gasteiger partial charge is 0.307 e. The van der Waals surface area contributed by atoms with Gasteiger partial charge in [-0.25, -0.2) is 0 Å². The molecule has 1 N–H and O–H groups in total. The minimum absolute atomic E-state index is 0.182. The normalized spacial score (nSPS) is 12.6. The van der Waals surface area contributed by atoms with Crippen molar-refractivity contribution in [2.45, 2.75) is 58.8 Å². The van der Waals surface area contributed by atoms with Crippen LogP contribution in [-0.4, -0.2) is 61.1 Å². The molecule has 0 aliphatic rings. The van der Waals surface area contributed by atoms with Gasteiger partial charge in [0.15, 0.2) is 0 Å². The summed E-state index contributed by atoms with van der Waals surface area (Å²) in [5.41, 5.74) is 2.66. The Morgan fingerprint density at radius 3 is 2.50 bits per heavy atom. The highest BCUT2D eigenvalue weighted by Gasteiger charge is 2.21. The van der Waals surface area contributed by atoms with Crippen molar-refractivity contribution in [2.75, 3.05) is 24.8 Å². The Hall–Kier alpha value is -1.12. The highest BCUT2D eigenvalue weighted by Crippen LogP contribution is 2.17. The van der Waals surface area contributed by atoms with Gasteiger partial charge in [-0.1, -0.05) is 18.2 Å². The van der Waals surface area contributed by atoms with Crippen molar-refractivity contribution in [3.05, 3.63) is 34.9 Å². The Labute approximate surface area is 190 Å². The lowest BCUT2D eigenvalue weighted by Crippen LogP contribution is -2.38. The first kappa shape index (κ1) is 26.9. The molecule has 0 saturated carbocycles. The molecule has 0 bridgehead atoms. The van der Waals surface area contributed by atoms with Crippen LogP contribution >= 0.6 is 23.2 Å². The molecule has 0 spiro atoms. The van der Waals surface area contributed by atoms with Crippen LogP contribution in [0.5, 0.6) is 0 Å². The number of benzene rings is 1. The van der Waals surface area contributed by atoms with Gasteiger partial charge in [-0.05, 0) is 50.8 Å². The molecule has 0 saturated heterocycles. The molecule has 30 heavy (non-hydrogen) atoms. The SMILES string of the molecule is Cc1ccc(CON(CCCl)CCCl)cc1C[C@@H](CC(=O)OC(C)(C)C)NBC=O. The summed E-state index contributed by atoms with van der Waals surface area (Å²) in [4.78, 5) is 28.9. The quantitative estimate of drug-likeness (QED) is 0.152. The number of alkyl halides is 2. The van der Waals surface area contributed by atoms with Crippen molar-refractivity contribution < 1.29 is 19.2 Å². The average molecular weight is 459 g/mol. The van der Waals surface area contributed by atoms with E-state index in [1.165, 1.54) is 0 Å². The summed E-state index contributed by atoms with van der Waals surface area (Å²) in [7, 11) is 0.182. The number of esters is 1. The van der Waals surface area contributed by atoms with Gasteiger partial charge in [-0.15, -0.1) is 23.2 Å². The van der Waals surface area contributed by atoms with Crippen LogP contribution in [0, 0.1) is 6.92 Å². The zero-order chi connectivity index (χ0) is 22.6. The molecule has 0 fully saturated rings. The van der Waals surface area contributed by atoms with Crippen molar-refractivity contribution in [1.82, 2.24) is 10.3 Å². The average Bonchev–Trinajstić information content (AvgIpc) is 2.65. The van der Waals surface area contributed by atoms with Gasteiger partial charge in [0.05, 0.1) is 19.2 Å². The molecule has 0 radical (unpaired) electrons. The van der Waals surface area contributed by atoms with Gasteiger partial charge >= 0.3 is 5.97 Å². The number of aryl methyl sites for hydroxylation is 1. The summed E-state index contributed by atoms with van der Waals surface area (Å²) in [6.07, 6.45) is 1.58. The number of hydroxylamine groups is 2. The Bertz CT molecular complexity index is 665. The second-order valence-electron chi connectivity index (χ2n) is 8.11. The van der Waals surface area contributed by atoms with E-state index in [-0.39, 0.29) is 25.8 Å². The first-order valence-electron chi connectivity index (χ1n) is 10.2. The number of carbonyl (C=O) groups excluding carboxylic acids is 2. The van der Waals surface area contributed by atoms with Crippen LogP contribution in [0.1, 0.15) is 43.9 Å². The molecule has 168 valence electrons. The zero-order valence-corrected chi connectivity index (χ0v) is 19.9. The Morgan fingerprint density at radius 1 is 1.27 bits per heavy atom. The number of nitrogens with one attached hydrogen (secondary N) is 1. The van der Waals surface area contributed by atoms with E-state index in [0.717, 1.165) is 22.9 Å². The number of nitrogens with zero attached hydrogens (tertiary/aromatic N) is 1. The lowest BCUT2D eigenvalue weighted by molar-refractivity contribution is -0.162. The van der Waals surface area contributed by atoms with E-state index in [0.29, 0.717) is 37.9 Å². The first-order valence-corrected chi connectivity index (χ1v) is 11.2. The summed E-state index contributed by atoms with van der Waals surface area (Å²) < 4.78 is 5.44. The van der Waals surface area contributed by atoms with Crippen molar-refractivity contribution in [3.63, 3.8) is 0 Å². The van der Waals surface area contributed by atoms with Crippen LogP contribution in [0.2, 0.25) is 0 Å². The topological polar surface area (TPSA) is 67.9 Å². The second kappa shape index (κ2) is 14.0. The number of ether oxygens (including phenoxy) is 1. The number of carbonyl (C=O) groups is 2. The van der Waals surface area contributed by atoms with E-state index in [1.54, 1.807) is 5.06 Å². The molecule has 0 aliphatic carbocycles. The van der Waals surface area contributed by atoms with Crippen molar-refractivity contribution >= 4 is 42.8 Å². The third-order valence-corrected chi connectivity index (χ3v) is 4.62. The van der Waals surface area contributed by atoms with Gasteiger partial charge in [0.1, 0.15) is 5.60 Å². The van der Waals surface area contributed by atoms with Crippen LogP contribution in [0.3, 0.4) is 0 Å². The molecule has 9 heteroatoms. The minimum Gasteiger partial charge on any atom is -0.460 e. The molecule has 1 aromatic rings. The van der Waals surface area contributed by atoms with Gasteiger partial charge in [-0.3, -0.25) is 9.63 Å². The molecule has 0 amide bonds. The van der Waals surface area contributed by atoms with Gasteiger partial charge in [0, 0.05) is 30.9 Å². The second-order valence-corrected chi connectivity index (χ2v) is 8.86. The summed E-state index contributed by atoms with van der Waals surface area (Å²) in [6, 6.07) is 5.91. The fourth-order valence-corrected chi connectivity index (χ4v) is 3.29. The molecule has 0 aromatic heterocycles. The van der Waals surface area contributed by atoms with Crippen LogP contribution in [0.25, 0.3) is 0 Å². The summed E-state index contributed by atoms with van der Waals surface area (Å²) in [6.45, 7) is 9.14.